The predicted octanol–water partition coefficient (Wildman–Crippen LogP) is 1.37. The van der Waals surface area contributed by atoms with Crippen LogP contribution in [-0.4, -0.2) is 24.5 Å². The molecule has 86 valence electrons. The van der Waals surface area contributed by atoms with Crippen molar-refractivity contribution < 1.29 is 0 Å². The molecule has 0 radical (unpaired) electrons. The van der Waals surface area contributed by atoms with Crippen molar-refractivity contribution in [3.63, 3.8) is 0 Å². The van der Waals surface area contributed by atoms with Gasteiger partial charge in [-0.1, -0.05) is 13.8 Å². The van der Waals surface area contributed by atoms with E-state index in [4.69, 9.17) is 0 Å². The maximum atomic E-state index is 11.9. The third-order valence-electron chi connectivity index (χ3n) is 2.60. The van der Waals surface area contributed by atoms with Crippen molar-refractivity contribution in [2.45, 2.75) is 25.9 Å². The van der Waals surface area contributed by atoms with Crippen LogP contribution < -0.4 is 5.56 Å². The number of aromatic nitrogens is 4. The Kier molecular flexibility index (Phi) is 3.06. The first-order valence-corrected chi connectivity index (χ1v) is 6.31. The molecule has 0 fully saturated rings. The van der Waals surface area contributed by atoms with Crippen LogP contribution in [0.25, 0.3) is 11.2 Å². The number of hydrogen-bond acceptors (Lipinski definition) is 3. The van der Waals surface area contributed by atoms with Crippen LogP contribution in [0.15, 0.2) is 17.4 Å². The van der Waals surface area contributed by atoms with E-state index in [9.17, 15) is 4.79 Å². The van der Waals surface area contributed by atoms with Gasteiger partial charge in [0.1, 0.15) is 6.33 Å². The summed E-state index contributed by atoms with van der Waals surface area (Å²) in [7, 11) is 2.26. The summed E-state index contributed by atoms with van der Waals surface area (Å²) in [6, 6.07) is 0. The Morgan fingerprint density at radius 3 is 2.81 bits per heavy atom. The first-order chi connectivity index (χ1) is 7.63. The van der Waals surface area contributed by atoms with Gasteiger partial charge in [0.2, 0.25) is 0 Å². The van der Waals surface area contributed by atoms with E-state index >= 15 is 0 Å². The van der Waals surface area contributed by atoms with Crippen molar-refractivity contribution in [3.05, 3.63) is 23.0 Å². The van der Waals surface area contributed by atoms with Crippen molar-refractivity contribution in [3.8, 4) is 0 Å². The molecule has 0 amide bonds. The highest BCUT2D eigenvalue weighted by Gasteiger charge is 2.10. The molecule has 2 aromatic heterocycles. The smallest absolute Gasteiger partial charge is 0.279 e. The second-order valence-corrected chi connectivity index (χ2v) is 5.61. The molecule has 0 N–H and O–H groups in total. The number of rotatable bonds is 3. The maximum absolute atomic E-state index is 11.9. The minimum absolute atomic E-state index is 0.0293. The van der Waals surface area contributed by atoms with Gasteiger partial charge in [0.15, 0.2) is 11.2 Å². The van der Waals surface area contributed by atoms with Crippen molar-refractivity contribution in [2.24, 2.45) is 7.05 Å². The van der Waals surface area contributed by atoms with Crippen molar-refractivity contribution >= 4 is 19.9 Å². The first kappa shape index (κ1) is 11.3. The van der Waals surface area contributed by atoms with E-state index in [1.165, 1.54) is 10.9 Å². The van der Waals surface area contributed by atoms with Gasteiger partial charge >= 0.3 is 0 Å². The molecule has 2 rings (SSSR count). The molecule has 6 heteroatoms. The lowest BCUT2D eigenvalue weighted by Crippen LogP contribution is -2.18. The summed E-state index contributed by atoms with van der Waals surface area (Å²) in [4.78, 5) is 20.2. The van der Waals surface area contributed by atoms with Crippen LogP contribution in [0.3, 0.4) is 0 Å². The van der Waals surface area contributed by atoms with E-state index in [0.29, 0.717) is 25.6 Å². The summed E-state index contributed by atoms with van der Waals surface area (Å²) in [5.74, 6) is 0. The molecular formula is C10H15N4OP. The molecule has 0 bridgehead atoms. The lowest BCUT2D eigenvalue weighted by molar-refractivity contribution is 0.837. The molecule has 0 aliphatic carbocycles. The summed E-state index contributed by atoms with van der Waals surface area (Å²) in [6.07, 6.45) is 4.32. The van der Waals surface area contributed by atoms with Gasteiger partial charge in [0, 0.05) is 7.05 Å². The van der Waals surface area contributed by atoms with Crippen LogP contribution in [-0.2, 0) is 7.05 Å². The summed E-state index contributed by atoms with van der Waals surface area (Å²) in [5.41, 5.74) is 1.68. The molecule has 2 aromatic rings. The average Bonchev–Trinajstić information content (AvgIpc) is 2.67. The Morgan fingerprint density at radius 1 is 1.44 bits per heavy atom. The SMILES string of the molecule is CCC(C)Pn1cnc2ncn(C)c(=O)c21. The molecule has 2 unspecified atom stereocenters. The Hall–Kier alpha value is -1.22. The standard InChI is InChI=1S/C10H15N4OP/c1-4-7(2)16-14-6-12-9-8(14)10(15)13(3)5-11-9/h5-7,16H,4H2,1-3H3. The molecule has 0 saturated carbocycles. The average molecular weight is 238 g/mol. The number of imidazole rings is 1. The van der Waals surface area contributed by atoms with Gasteiger partial charge in [0.25, 0.3) is 5.56 Å². The zero-order chi connectivity index (χ0) is 11.7. The minimum Gasteiger partial charge on any atom is -0.305 e. The Labute approximate surface area is 95.4 Å². The number of nitrogens with zero attached hydrogens (tertiary/aromatic N) is 4. The molecule has 16 heavy (non-hydrogen) atoms. The van der Waals surface area contributed by atoms with Crippen LogP contribution in [0, 0.1) is 0 Å². The van der Waals surface area contributed by atoms with Crippen LogP contribution >= 0.6 is 8.73 Å². The van der Waals surface area contributed by atoms with Gasteiger partial charge < -0.3 is 8.90 Å². The van der Waals surface area contributed by atoms with Gasteiger partial charge in [-0.3, -0.25) is 4.79 Å². The van der Waals surface area contributed by atoms with Gasteiger partial charge in [-0.2, -0.15) is 0 Å². The van der Waals surface area contributed by atoms with E-state index in [0.717, 1.165) is 6.42 Å². The largest absolute Gasteiger partial charge is 0.305 e. The quantitative estimate of drug-likeness (QED) is 0.759. The number of hydrogen-bond donors (Lipinski definition) is 0. The molecule has 0 aliphatic heterocycles. The molecule has 2 atom stereocenters. The van der Waals surface area contributed by atoms with Crippen molar-refractivity contribution in [1.29, 1.82) is 0 Å². The lowest BCUT2D eigenvalue weighted by Gasteiger charge is -2.09. The van der Waals surface area contributed by atoms with Crippen molar-refractivity contribution in [2.75, 3.05) is 0 Å². The Bertz CT molecular complexity index is 559. The molecular weight excluding hydrogens is 223 g/mol. The normalized spacial score (nSPS) is 13.9. The summed E-state index contributed by atoms with van der Waals surface area (Å²) >= 11 is 0. The van der Waals surface area contributed by atoms with Gasteiger partial charge in [0.05, 0.1) is 6.33 Å². The van der Waals surface area contributed by atoms with E-state index in [1.807, 2.05) is 4.34 Å². The summed E-state index contributed by atoms with van der Waals surface area (Å²) < 4.78 is 3.42. The predicted molar refractivity (Wildman–Crippen MR) is 66.2 cm³/mol. The van der Waals surface area contributed by atoms with E-state index in [-0.39, 0.29) is 5.56 Å². The topological polar surface area (TPSA) is 52.7 Å². The molecule has 0 spiro atoms. The zero-order valence-corrected chi connectivity index (χ0v) is 10.6. The first-order valence-electron chi connectivity index (χ1n) is 5.28. The molecule has 0 saturated heterocycles. The van der Waals surface area contributed by atoms with Crippen LogP contribution in [0.5, 0.6) is 0 Å². The van der Waals surface area contributed by atoms with E-state index in [2.05, 4.69) is 23.8 Å². The number of fused-ring (bicyclic) bond motifs is 1. The second kappa shape index (κ2) is 4.34. The molecule has 5 nitrogen and oxygen atoms in total. The lowest BCUT2D eigenvalue weighted by atomic mass is 10.4. The zero-order valence-electron chi connectivity index (χ0n) is 9.64. The minimum atomic E-state index is -0.0293. The maximum Gasteiger partial charge on any atom is 0.279 e. The Balaban J connectivity index is 2.55. The third-order valence-corrected chi connectivity index (χ3v) is 4.06. The van der Waals surface area contributed by atoms with Crippen molar-refractivity contribution in [1.82, 2.24) is 18.9 Å². The second-order valence-electron chi connectivity index (χ2n) is 3.89. The third kappa shape index (κ3) is 1.87. The van der Waals surface area contributed by atoms with Gasteiger partial charge in [-0.05, 0) is 20.8 Å². The fraction of sp³-hybridized carbons (Fsp3) is 0.500. The van der Waals surface area contributed by atoms with E-state index in [1.54, 1.807) is 13.4 Å². The highest BCUT2D eigenvalue weighted by molar-refractivity contribution is 7.37. The molecule has 2 heterocycles. The van der Waals surface area contributed by atoms with Crippen LogP contribution in [0.1, 0.15) is 20.3 Å². The fourth-order valence-electron chi connectivity index (χ4n) is 1.42. The molecule has 0 aliphatic rings. The van der Waals surface area contributed by atoms with Crippen LogP contribution in [0.4, 0.5) is 0 Å². The van der Waals surface area contributed by atoms with E-state index < -0.39 is 0 Å². The highest BCUT2D eigenvalue weighted by atomic mass is 31.1. The number of aryl methyl sites for hydroxylation is 1. The Morgan fingerprint density at radius 2 is 2.12 bits per heavy atom. The highest BCUT2D eigenvalue weighted by Crippen LogP contribution is 2.26. The fourth-order valence-corrected chi connectivity index (χ4v) is 2.53. The van der Waals surface area contributed by atoms with Crippen LogP contribution in [0.2, 0.25) is 0 Å². The summed E-state index contributed by atoms with van der Waals surface area (Å²) in [5, 5.41) is 0. The van der Waals surface area contributed by atoms with Gasteiger partial charge in [-0.15, -0.1) is 0 Å². The summed E-state index contributed by atoms with van der Waals surface area (Å²) in [6.45, 7) is 4.32. The van der Waals surface area contributed by atoms with Gasteiger partial charge in [-0.25, -0.2) is 9.97 Å². The molecule has 0 aromatic carbocycles. The monoisotopic (exact) mass is 238 g/mol.